The van der Waals surface area contributed by atoms with Gasteiger partial charge in [-0.3, -0.25) is 9.59 Å². The second-order valence-electron chi connectivity index (χ2n) is 5.78. The smallest absolute Gasteiger partial charge is 0.238 e. The zero-order valence-electron chi connectivity index (χ0n) is 13.6. The molecule has 2 unspecified atom stereocenters. The van der Waals surface area contributed by atoms with Crippen molar-refractivity contribution in [3.05, 3.63) is 11.8 Å². The lowest BCUT2D eigenvalue weighted by atomic mass is 10.00. The number of amides is 2. The Balaban J connectivity index is 1.63. The molecule has 0 aromatic carbocycles. The van der Waals surface area contributed by atoms with E-state index in [9.17, 15) is 9.59 Å². The average Bonchev–Trinajstić information content (AvgIpc) is 2.96. The van der Waals surface area contributed by atoms with Gasteiger partial charge in [-0.05, 0) is 45.7 Å². The summed E-state index contributed by atoms with van der Waals surface area (Å²) in [6, 6.07) is 1.65. The normalized spacial score (nSPS) is 19.1. The Bertz CT molecular complexity index is 529. The van der Waals surface area contributed by atoms with Crippen molar-refractivity contribution in [2.24, 2.45) is 5.92 Å². The summed E-state index contributed by atoms with van der Waals surface area (Å²) in [4.78, 5) is 23.8. The van der Waals surface area contributed by atoms with Crippen LogP contribution in [0.15, 0.2) is 10.6 Å². The Morgan fingerprint density at radius 3 is 3.04 bits per heavy atom. The number of aryl methyl sites for hydroxylation is 1. The topological polar surface area (TPSA) is 96.3 Å². The molecule has 1 aromatic rings. The van der Waals surface area contributed by atoms with E-state index in [1.165, 1.54) is 11.8 Å². The average molecular weight is 340 g/mol. The molecule has 2 amide bonds. The van der Waals surface area contributed by atoms with E-state index in [4.69, 9.17) is 4.52 Å². The van der Waals surface area contributed by atoms with Crippen LogP contribution in [0.2, 0.25) is 0 Å². The lowest BCUT2D eigenvalue weighted by molar-refractivity contribution is -0.118. The highest BCUT2D eigenvalue weighted by Gasteiger charge is 2.18. The summed E-state index contributed by atoms with van der Waals surface area (Å²) < 4.78 is 4.89. The highest BCUT2D eigenvalue weighted by Crippen LogP contribution is 2.14. The number of piperidine rings is 1. The zero-order chi connectivity index (χ0) is 16.7. The van der Waals surface area contributed by atoms with Crippen LogP contribution in [-0.4, -0.2) is 47.6 Å². The standard InChI is InChI=1S/C15H24N4O3S/c1-10-6-13(19-22-10)18-15(21)11(2)23-9-14(20)17-8-12-4-3-5-16-7-12/h6,11-12,16H,3-5,7-9H2,1-2H3,(H,17,20)(H,18,19,21). The highest BCUT2D eigenvalue weighted by atomic mass is 32.2. The first kappa shape index (κ1) is 17.8. The quantitative estimate of drug-likeness (QED) is 0.689. The minimum absolute atomic E-state index is 0.0301. The predicted octanol–water partition coefficient (Wildman–Crippen LogP) is 1.16. The molecular weight excluding hydrogens is 316 g/mol. The molecule has 23 heavy (non-hydrogen) atoms. The summed E-state index contributed by atoms with van der Waals surface area (Å²) in [6.45, 7) is 6.25. The van der Waals surface area contributed by atoms with Crippen molar-refractivity contribution in [2.45, 2.75) is 31.9 Å². The van der Waals surface area contributed by atoms with Crippen LogP contribution in [0.3, 0.4) is 0 Å². The lowest BCUT2D eigenvalue weighted by Gasteiger charge is -2.22. The van der Waals surface area contributed by atoms with E-state index in [2.05, 4.69) is 21.1 Å². The number of anilines is 1. The number of thioether (sulfide) groups is 1. The zero-order valence-corrected chi connectivity index (χ0v) is 14.4. The third-order valence-corrected chi connectivity index (χ3v) is 4.84. The van der Waals surface area contributed by atoms with Crippen molar-refractivity contribution in [1.82, 2.24) is 15.8 Å². The van der Waals surface area contributed by atoms with Gasteiger partial charge in [0.1, 0.15) is 5.76 Å². The van der Waals surface area contributed by atoms with Crippen LogP contribution in [-0.2, 0) is 9.59 Å². The van der Waals surface area contributed by atoms with Gasteiger partial charge in [-0.25, -0.2) is 0 Å². The fraction of sp³-hybridized carbons (Fsp3) is 0.667. The number of nitrogens with zero attached hydrogens (tertiary/aromatic N) is 1. The summed E-state index contributed by atoms with van der Waals surface area (Å²) in [7, 11) is 0. The first-order valence-corrected chi connectivity index (χ1v) is 8.92. The molecule has 8 heteroatoms. The summed E-state index contributed by atoms with van der Waals surface area (Å²) in [5.41, 5.74) is 0. The van der Waals surface area contributed by atoms with E-state index in [1.54, 1.807) is 19.9 Å². The maximum atomic E-state index is 12.0. The number of carbonyl (C=O) groups excluding carboxylic acids is 2. The second-order valence-corrected chi connectivity index (χ2v) is 7.11. The van der Waals surface area contributed by atoms with Gasteiger partial charge in [0.25, 0.3) is 0 Å². The number of rotatable bonds is 7. The predicted molar refractivity (Wildman–Crippen MR) is 90.4 cm³/mol. The van der Waals surface area contributed by atoms with Crippen molar-refractivity contribution in [2.75, 3.05) is 30.7 Å². The largest absolute Gasteiger partial charge is 0.360 e. The Labute approximate surface area is 140 Å². The van der Waals surface area contributed by atoms with Gasteiger partial charge in [-0.2, -0.15) is 0 Å². The minimum atomic E-state index is -0.339. The SMILES string of the molecule is Cc1cc(NC(=O)C(C)SCC(=O)NCC2CCCNC2)no1. The number of hydrogen-bond acceptors (Lipinski definition) is 6. The maximum Gasteiger partial charge on any atom is 0.238 e. The Kier molecular flexibility index (Phi) is 6.91. The van der Waals surface area contributed by atoms with Crippen LogP contribution < -0.4 is 16.0 Å². The van der Waals surface area contributed by atoms with Gasteiger partial charge < -0.3 is 20.5 Å². The van der Waals surface area contributed by atoms with E-state index in [0.29, 0.717) is 24.0 Å². The van der Waals surface area contributed by atoms with Gasteiger partial charge >= 0.3 is 0 Å². The summed E-state index contributed by atoms with van der Waals surface area (Å²) in [5, 5.41) is 12.3. The Hall–Kier alpha value is -1.54. The molecule has 1 fully saturated rings. The molecule has 2 heterocycles. The molecule has 3 N–H and O–H groups in total. The molecular formula is C15H24N4O3S. The van der Waals surface area contributed by atoms with Crippen LogP contribution in [0.25, 0.3) is 0 Å². The molecule has 1 aliphatic heterocycles. The van der Waals surface area contributed by atoms with E-state index in [-0.39, 0.29) is 22.8 Å². The third-order valence-electron chi connectivity index (χ3n) is 3.70. The molecule has 0 spiro atoms. The van der Waals surface area contributed by atoms with Crippen molar-refractivity contribution in [1.29, 1.82) is 0 Å². The molecule has 0 saturated carbocycles. The summed E-state index contributed by atoms with van der Waals surface area (Å²) in [5.74, 6) is 1.59. The van der Waals surface area contributed by atoms with E-state index in [0.717, 1.165) is 25.9 Å². The molecule has 0 radical (unpaired) electrons. The van der Waals surface area contributed by atoms with Gasteiger partial charge in [0.2, 0.25) is 11.8 Å². The monoisotopic (exact) mass is 340 g/mol. The van der Waals surface area contributed by atoms with Crippen LogP contribution in [0.5, 0.6) is 0 Å². The molecule has 0 aliphatic carbocycles. The molecule has 1 aliphatic rings. The summed E-state index contributed by atoms with van der Waals surface area (Å²) >= 11 is 1.31. The lowest BCUT2D eigenvalue weighted by Crippen LogP contribution is -2.38. The number of carbonyl (C=O) groups is 2. The minimum Gasteiger partial charge on any atom is -0.360 e. The molecule has 7 nitrogen and oxygen atoms in total. The molecule has 2 atom stereocenters. The maximum absolute atomic E-state index is 12.0. The van der Waals surface area contributed by atoms with E-state index < -0.39 is 0 Å². The van der Waals surface area contributed by atoms with Crippen LogP contribution >= 0.6 is 11.8 Å². The van der Waals surface area contributed by atoms with Crippen molar-refractivity contribution in [3.63, 3.8) is 0 Å². The van der Waals surface area contributed by atoms with E-state index in [1.807, 2.05) is 0 Å². The molecule has 1 saturated heterocycles. The summed E-state index contributed by atoms with van der Waals surface area (Å²) in [6.07, 6.45) is 2.31. The molecule has 2 rings (SSSR count). The van der Waals surface area contributed by atoms with Gasteiger partial charge in [0.05, 0.1) is 11.0 Å². The number of nitrogens with one attached hydrogen (secondary N) is 3. The van der Waals surface area contributed by atoms with Crippen LogP contribution in [0.4, 0.5) is 5.82 Å². The van der Waals surface area contributed by atoms with Crippen LogP contribution in [0.1, 0.15) is 25.5 Å². The third kappa shape index (κ3) is 6.23. The second kappa shape index (κ2) is 8.93. The molecule has 1 aromatic heterocycles. The first-order valence-electron chi connectivity index (χ1n) is 7.88. The van der Waals surface area contributed by atoms with E-state index >= 15 is 0 Å². The fourth-order valence-corrected chi connectivity index (χ4v) is 3.05. The van der Waals surface area contributed by atoms with Gasteiger partial charge in [0, 0.05) is 12.6 Å². The van der Waals surface area contributed by atoms with Gasteiger partial charge in [0.15, 0.2) is 5.82 Å². The molecule has 128 valence electrons. The van der Waals surface area contributed by atoms with Gasteiger partial charge in [-0.1, -0.05) is 5.16 Å². The number of hydrogen-bond donors (Lipinski definition) is 3. The first-order chi connectivity index (χ1) is 11.0. The van der Waals surface area contributed by atoms with Crippen molar-refractivity contribution < 1.29 is 14.1 Å². The fourth-order valence-electron chi connectivity index (χ4n) is 2.34. The van der Waals surface area contributed by atoms with Crippen molar-refractivity contribution >= 4 is 29.4 Å². The number of aromatic nitrogens is 1. The highest BCUT2D eigenvalue weighted by molar-refractivity contribution is 8.01. The van der Waals surface area contributed by atoms with Crippen molar-refractivity contribution in [3.8, 4) is 0 Å². The van der Waals surface area contributed by atoms with Gasteiger partial charge in [-0.15, -0.1) is 11.8 Å². The Morgan fingerprint density at radius 2 is 2.39 bits per heavy atom. The molecule has 0 bridgehead atoms. The Morgan fingerprint density at radius 1 is 1.57 bits per heavy atom. The van der Waals surface area contributed by atoms with Crippen LogP contribution in [0, 0.1) is 12.8 Å².